The number of quaternary nitrogens is 1. The highest BCUT2D eigenvalue weighted by atomic mass is 32.2. The molecule has 0 atom stereocenters. The molecule has 0 radical (unpaired) electrons. The summed E-state index contributed by atoms with van der Waals surface area (Å²) in [6.07, 6.45) is 1.88. The molecule has 1 heterocycles. The Morgan fingerprint density at radius 2 is 1.81 bits per heavy atom. The van der Waals surface area contributed by atoms with E-state index in [1.54, 1.807) is 12.1 Å². The lowest BCUT2D eigenvalue weighted by molar-refractivity contribution is -0.816. The number of nitrogens with zero attached hydrogens (tertiary/aromatic N) is 1. The number of fused-ring (bicyclic) bond motifs is 1. The average molecular weight is 239 g/mol. The van der Waals surface area contributed by atoms with Gasteiger partial charge in [0.15, 0.2) is 0 Å². The first-order valence-corrected chi connectivity index (χ1v) is 6.44. The Balaban J connectivity index is 2.62. The van der Waals surface area contributed by atoms with E-state index in [4.69, 9.17) is 0 Å². The minimum atomic E-state index is -3.36. The number of nitrogens with one attached hydrogen (secondary N) is 1. The summed E-state index contributed by atoms with van der Waals surface area (Å²) < 4.78 is 26.7. The van der Waals surface area contributed by atoms with Crippen LogP contribution in [0.4, 0.5) is 0 Å². The highest BCUT2D eigenvalue weighted by molar-refractivity contribution is 7.90. The smallest absolute Gasteiger partial charge is 0.262 e. The third-order valence-electron chi connectivity index (χ3n) is 2.23. The Labute approximate surface area is 95.8 Å². The minimum absolute atomic E-state index is 0.356. The lowest BCUT2D eigenvalue weighted by atomic mass is 10.2. The second-order valence-electron chi connectivity index (χ2n) is 4.76. The minimum Gasteiger partial charge on any atom is -0.303 e. The summed E-state index contributed by atoms with van der Waals surface area (Å²) in [6.45, 7) is 0. The van der Waals surface area contributed by atoms with Crippen LogP contribution in [0, 0.1) is 0 Å². The second-order valence-corrected chi connectivity index (χ2v) is 6.41. The SMILES string of the molecule is C[N+](C)(C)C=C1NS(=O)(=O)c2ccccc21. The van der Waals surface area contributed by atoms with Gasteiger partial charge in [0.25, 0.3) is 10.0 Å². The Hall–Kier alpha value is -1.33. The van der Waals surface area contributed by atoms with Crippen molar-refractivity contribution in [1.82, 2.24) is 4.72 Å². The zero-order chi connectivity index (χ0) is 12.0. The fraction of sp³-hybridized carbons (Fsp3) is 0.273. The number of sulfonamides is 1. The highest BCUT2D eigenvalue weighted by Gasteiger charge is 2.30. The van der Waals surface area contributed by atoms with Gasteiger partial charge in [0.2, 0.25) is 0 Å². The van der Waals surface area contributed by atoms with Crippen molar-refractivity contribution in [3.05, 3.63) is 36.0 Å². The van der Waals surface area contributed by atoms with Gasteiger partial charge < -0.3 is 4.48 Å². The highest BCUT2D eigenvalue weighted by Crippen LogP contribution is 2.30. The number of hydrogen-bond donors (Lipinski definition) is 1. The normalized spacial score (nSPS) is 20.6. The van der Waals surface area contributed by atoms with Crippen molar-refractivity contribution < 1.29 is 12.9 Å². The van der Waals surface area contributed by atoms with Crippen molar-refractivity contribution in [1.29, 1.82) is 0 Å². The third-order valence-corrected chi connectivity index (χ3v) is 3.65. The lowest BCUT2D eigenvalue weighted by Gasteiger charge is -2.18. The van der Waals surface area contributed by atoms with Crippen LogP contribution in [0.15, 0.2) is 35.4 Å². The standard InChI is InChI=1S/C11H15N2O2S/c1-13(2,3)8-10-9-6-4-5-7-11(9)16(14,15)12-10/h4-8,12H,1-3H3/q+1. The molecular weight excluding hydrogens is 224 g/mol. The van der Waals surface area contributed by atoms with E-state index >= 15 is 0 Å². The summed E-state index contributed by atoms with van der Waals surface area (Å²) in [6, 6.07) is 7.00. The quantitative estimate of drug-likeness (QED) is 0.743. The molecule has 0 amide bonds. The molecule has 1 aliphatic rings. The van der Waals surface area contributed by atoms with E-state index in [9.17, 15) is 8.42 Å². The molecule has 0 aliphatic carbocycles. The monoisotopic (exact) mass is 239 g/mol. The van der Waals surface area contributed by atoms with Crippen LogP contribution in [-0.2, 0) is 10.0 Å². The summed E-state index contributed by atoms with van der Waals surface area (Å²) in [5, 5.41) is 0. The Morgan fingerprint density at radius 3 is 2.44 bits per heavy atom. The van der Waals surface area contributed by atoms with E-state index in [2.05, 4.69) is 4.72 Å². The van der Waals surface area contributed by atoms with E-state index in [0.717, 1.165) is 5.56 Å². The summed E-state index contributed by atoms with van der Waals surface area (Å²) in [5.41, 5.74) is 1.40. The zero-order valence-electron chi connectivity index (χ0n) is 9.56. The first-order valence-electron chi connectivity index (χ1n) is 4.96. The Morgan fingerprint density at radius 1 is 1.19 bits per heavy atom. The Bertz CT molecular complexity index is 554. The van der Waals surface area contributed by atoms with E-state index in [1.165, 1.54) is 0 Å². The molecule has 5 heteroatoms. The third kappa shape index (κ3) is 1.96. The van der Waals surface area contributed by atoms with Crippen molar-refractivity contribution in [2.24, 2.45) is 0 Å². The van der Waals surface area contributed by atoms with Crippen LogP contribution in [0.5, 0.6) is 0 Å². The van der Waals surface area contributed by atoms with Gasteiger partial charge in [-0.15, -0.1) is 0 Å². The summed E-state index contributed by atoms with van der Waals surface area (Å²) in [7, 11) is 2.57. The predicted molar refractivity (Wildman–Crippen MR) is 62.8 cm³/mol. The first-order chi connectivity index (χ1) is 7.30. The van der Waals surface area contributed by atoms with Crippen molar-refractivity contribution >= 4 is 15.7 Å². The lowest BCUT2D eigenvalue weighted by Crippen LogP contribution is -2.29. The molecule has 1 aromatic rings. The van der Waals surface area contributed by atoms with Crippen LogP contribution >= 0.6 is 0 Å². The van der Waals surface area contributed by atoms with Gasteiger partial charge >= 0.3 is 0 Å². The van der Waals surface area contributed by atoms with Crippen molar-refractivity contribution in [2.75, 3.05) is 21.1 Å². The molecule has 0 saturated carbocycles. The molecule has 0 unspecified atom stereocenters. The van der Waals surface area contributed by atoms with Crippen LogP contribution in [0.1, 0.15) is 5.56 Å². The van der Waals surface area contributed by atoms with Crippen LogP contribution in [0.3, 0.4) is 0 Å². The molecular formula is C11H15N2O2S+. The largest absolute Gasteiger partial charge is 0.303 e. The van der Waals surface area contributed by atoms with Gasteiger partial charge in [-0.05, 0) is 6.07 Å². The molecule has 0 fully saturated rings. The van der Waals surface area contributed by atoms with E-state index in [0.29, 0.717) is 15.1 Å². The molecule has 16 heavy (non-hydrogen) atoms. The van der Waals surface area contributed by atoms with Crippen LogP contribution < -0.4 is 4.72 Å². The van der Waals surface area contributed by atoms with Crippen molar-refractivity contribution in [2.45, 2.75) is 4.90 Å². The van der Waals surface area contributed by atoms with E-state index in [1.807, 2.05) is 39.5 Å². The second kappa shape index (κ2) is 3.33. The van der Waals surface area contributed by atoms with E-state index < -0.39 is 10.0 Å². The number of rotatable bonds is 1. The summed E-state index contributed by atoms with van der Waals surface area (Å²) >= 11 is 0. The fourth-order valence-corrected chi connectivity index (χ4v) is 2.95. The molecule has 0 aromatic heterocycles. The summed E-state index contributed by atoms with van der Waals surface area (Å²) in [5.74, 6) is 0. The topological polar surface area (TPSA) is 46.2 Å². The maximum Gasteiger partial charge on any atom is 0.262 e. The molecule has 1 aromatic carbocycles. The molecule has 1 aliphatic heterocycles. The Kier molecular flexibility index (Phi) is 2.32. The summed E-state index contributed by atoms with van der Waals surface area (Å²) in [4.78, 5) is 0.356. The van der Waals surface area contributed by atoms with Gasteiger partial charge in [-0.2, -0.15) is 0 Å². The number of hydrogen-bond acceptors (Lipinski definition) is 2. The van der Waals surface area contributed by atoms with Gasteiger partial charge in [-0.1, -0.05) is 18.2 Å². The molecule has 4 nitrogen and oxygen atoms in total. The molecule has 0 spiro atoms. The van der Waals surface area contributed by atoms with Gasteiger partial charge in [0.05, 0.1) is 26.0 Å². The average Bonchev–Trinajstić information content (AvgIpc) is 2.37. The van der Waals surface area contributed by atoms with E-state index in [-0.39, 0.29) is 0 Å². The molecule has 1 N–H and O–H groups in total. The van der Waals surface area contributed by atoms with Crippen molar-refractivity contribution in [3.8, 4) is 0 Å². The zero-order valence-corrected chi connectivity index (χ0v) is 10.4. The number of benzene rings is 1. The molecule has 0 bridgehead atoms. The van der Waals surface area contributed by atoms with Crippen LogP contribution in [0.2, 0.25) is 0 Å². The first kappa shape index (κ1) is 11.2. The van der Waals surface area contributed by atoms with Crippen molar-refractivity contribution in [3.63, 3.8) is 0 Å². The maximum absolute atomic E-state index is 11.8. The van der Waals surface area contributed by atoms with Gasteiger partial charge in [-0.25, -0.2) is 8.42 Å². The molecule has 2 rings (SSSR count). The van der Waals surface area contributed by atoms with Gasteiger partial charge in [-0.3, -0.25) is 4.72 Å². The molecule has 86 valence electrons. The molecule has 0 saturated heterocycles. The fourth-order valence-electron chi connectivity index (χ4n) is 1.66. The maximum atomic E-state index is 11.8. The van der Waals surface area contributed by atoms with Gasteiger partial charge in [0, 0.05) is 5.56 Å². The van der Waals surface area contributed by atoms with Gasteiger partial charge in [0.1, 0.15) is 11.9 Å². The predicted octanol–water partition coefficient (Wildman–Crippen LogP) is 0.983. The van der Waals surface area contributed by atoms with Crippen LogP contribution in [0.25, 0.3) is 5.70 Å². The van der Waals surface area contributed by atoms with Crippen LogP contribution in [-0.4, -0.2) is 34.0 Å².